The number of rotatable bonds is 18. The van der Waals surface area contributed by atoms with Crippen LogP contribution in [0.1, 0.15) is 136 Å². The number of para-hydroxylation sites is 2. The molecule has 0 amide bonds. The molecular formula is C50H55NO. The van der Waals surface area contributed by atoms with Gasteiger partial charge in [-0.1, -0.05) is 157 Å². The number of hydrogen-bond donors (Lipinski definition) is 0. The molecule has 0 N–H and O–H groups in total. The van der Waals surface area contributed by atoms with Gasteiger partial charge in [-0.3, -0.25) is 4.79 Å². The third kappa shape index (κ3) is 8.77. The van der Waals surface area contributed by atoms with Gasteiger partial charge in [0.15, 0.2) is 0 Å². The van der Waals surface area contributed by atoms with E-state index >= 15 is 0 Å². The molecule has 0 aliphatic heterocycles. The fraction of sp³-hybridized carbons (Fsp3) is 0.340. The Hall–Kier alpha value is -4.87. The zero-order chi connectivity index (χ0) is 36.0. The van der Waals surface area contributed by atoms with Gasteiger partial charge in [0.05, 0.1) is 0 Å². The van der Waals surface area contributed by atoms with Crippen molar-refractivity contribution in [1.82, 2.24) is 0 Å². The van der Waals surface area contributed by atoms with Crippen molar-refractivity contribution in [3.63, 3.8) is 0 Å². The molecule has 0 atom stereocenters. The average molecular weight is 686 g/mol. The van der Waals surface area contributed by atoms with Crippen molar-refractivity contribution in [1.29, 1.82) is 0 Å². The third-order valence-electron chi connectivity index (χ3n) is 10.9. The van der Waals surface area contributed by atoms with Gasteiger partial charge in [-0.05, 0) is 102 Å². The van der Waals surface area contributed by atoms with E-state index in [-0.39, 0.29) is 5.41 Å². The van der Waals surface area contributed by atoms with E-state index in [4.69, 9.17) is 0 Å². The summed E-state index contributed by atoms with van der Waals surface area (Å²) in [6.07, 6.45) is 18.6. The Morgan fingerprint density at radius 1 is 0.500 bits per heavy atom. The SMILES string of the molecule is CCCCCCCCC1(CCCCCCCC)c2cc(C#Cc3ccc(N(c4ccccc4)c4ccccc4)cc3)ccc2-c2ccc(C=O)cc21. The van der Waals surface area contributed by atoms with Crippen molar-refractivity contribution in [3.05, 3.63) is 149 Å². The van der Waals surface area contributed by atoms with Crippen molar-refractivity contribution in [2.24, 2.45) is 0 Å². The molecule has 5 aromatic rings. The lowest BCUT2D eigenvalue weighted by molar-refractivity contribution is 0.112. The monoisotopic (exact) mass is 685 g/mol. The molecule has 0 aromatic heterocycles. The molecule has 0 saturated heterocycles. The van der Waals surface area contributed by atoms with Gasteiger partial charge in [0.1, 0.15) is 6.29 Å². The van der Waals surface area contributed by atoms with Crippen LogP contribution in [-0.2, 0) is 5.41 Å². The van der Waals surface area contributed by atoms with Crippen LogP contribution in [0.25, 0.3) is 11.1 Å². The van der Waals surface area contributed by atoms with Crippen LogP contribution >= 0.6 is 0 Å². The van der Waals surface area contributed by atoms with E-state index in [2.05, 4.69) is 146 Å². The lowest BCUT2D eigenvalue weighted by Gasteiger charge is -2.33. The summed E-state index contributed by atoms with van der Waals surface area (Å²) in [5.74, 6) is 7.04. The summed E-state index contributed by atoms with van der Waals surface area (Å²) in [6, 6.07) is 42.9. The first-order chi connectivity index (χ1) is 25.7. The zero-order valence-electron chi connectivity index (χ0n) is 31.4. The fourth-order valence-corrected chi connectivity index (χ4v) is 8.18. The van der Waals surface area contributed by atoms with Crippen LogP contribution in [0.5, 0.6) is 0 Å². The fourth-order valence-electron chi connectivity index (χ4n) is 8.18. The second-order valence-corrected chi connectivity index (χ2v) is 14.6. The zero-order valence-corrected chi connectivity index (χ0v) is 31.4. The van der Waals surface area contributed by atoms with E-state index in [1.54, 1.807) is 0 Å². The van der Waals surface area contributed by atoms with Crippen LogP contribution in [0.4, 0.5) is 17.1 Å². The maximum atomic E-state index is 12.1. The lowest BCUT2D eigenvalue weighted by Crippen LogP contribution is -2.26. The average Bonchev–Trinajstić information content (AvgIpc) is 3.46. The summed E-state index contributed by atoms with van der Waals surface area (Å²) < 4.78 is 0. The van der Waals surface area contributed by atoms with Crippen LogP contribution in [0, 0.1) is 11.8 Å². The highest BCUT2D eigenvalue weighted by molar-refractivity contribution is 5.86. The van der Waals surface area contributed by atoms with Crippen LogP contribution in [-0.4, -0.2) is 6.29 Å². The van der Waals surface area contributed by atoms with Crippen LogP contribution in [0.15, 0.2) is 121 Å². The van der Waals surface area contributed by atoms with Gasteiger partial charge in [0.25, 0.3) is 0 Å². The number of aldehydes is 1. The Balaban J connectivity index is 1.30. The Bertz CT molecular complexity index is 1870. The summed E-state index contributed by atoms with van der Waals surface area (Å²) in [4.78, 5) is 14.3. The lowest BCUT2D eigenvalue weighted by atomic mass is 9.70. The third-order valence-corrected chi connectivity index (χ3v) is 10.9. The maximum absolute atomic E-state index is 12.1. The Kier molecular flexibility index (Phi) is 13.2. The van der Waals surface area contributed by atoms with E-state index in [0.29, 0.717) is 0 Å². The normalized spacial score (nSPS) is 12.4. The molecule has 0 spiro atoms. The summed E-state index contributed by atoms with van der Waals surface area (Å²) in [7, 11) is 0. The first kappa shape index (κ1) is 36.9. The minimum atomic E-state index is -0.0864. The first-order valence-electron chi connectivity index (χ1n) is 19.9. The van der Waals surface area contributed by atoms with E-state index in [9.17, 15) is 4.79 Å². The van der Waals surface area contributed by atoms with E-state index in [1.165, 1.54) is 99.3 Å². The number of hydrogen-bond acceptors (Lipinski definition) is 2. The molecule has 5 aromatic carbocycles. The summed E-state index contributed by atoms with van der Waals surface area (Å²) >= 11 is 0. The van der Waals surface area contributed by atoms with E-state index < -0.39 is 0 Å². The van der Waals surface area contributed by atoms with Gasteiger partial charge in [-0.2, -0.15) is 0 Å². The molecule has 0 saturated carbocycles. The van der Waals surface area contributed by atoms with Crippen molar-refractivity contribution in [3.8, 4) is 23.0 Å². The number of carbonyl (C=O) groups excluding carboxylic acids is 1. The highest BCUT2D eigenvalue weighted by Crippen LogP contribution is 2.54. The minimum absolute atomic E-state index is 0.0864. The number of carbonyl (C=O) groups is 1. The molecule has 0 fully saturated rings. The van der Waals surface area contributed by atoms with Crippen LogP contribution in [0.2, 0.25) is 0 Å². The Morgan fingerprint density at radius 3 is 1.52 bits per heavy atom. The number of benzene rings is 5. The minimum Gasteiger partial charge on any atom is -0.311 e. The first-order valence-corrected chi connectivity index (χ1v) is 19.9. The second-order valence-electron chi connectivity index (χ2n) is 14.6. The molecule has 0 unspecified atom stereocenters. The smallest absolute Gasteiger partial charge is 0.150 e. The second kappa shape index (κ2) is 18.6. The number of anilines is 3. The van der Waals surface area contributed by atoms with Gasteiger partial charge in [-0.15, -0.1) is 0 Å². The predicted octanol–water partition coefficient (Wildman–Crippen LogP) is 14.1. The van der Waals surface area contributed by atoms with Gasteiger partial charge < -0.3 is 4.90 Å². The summed E-state index contributed by atoms with van der Waals surface area (Å²) in [6.45, 7) is 4.57. The largest absolute Gasteiger partial charge is 0.311 e. The van der Waals surface area contributed by atoms with Crippen molar-refractivity contribution < 1.29 is 4.79 Å². The summed E-state index contributed by atoms with van der Waals surface area (Å²) in [5, 5.41) is 0. The molecule has 266 valence electrons. The molecule has 2 heteroatoms. The quantitative estimate of drug-likeness (QED) is 0.0520. The molecule has 0 heterocycles. The van der Waals surface area contributed by atoms with Gasteiger partial charge in [-0.25, -0.2) is 0 Å². The van der Waals surface area contributed by atoms with Crippen molar-refractivity contribution >= 4 is 23.3 Å². The molecule has 52 heavy (non-hydrogen) atoms. The van der Waals surface area contributed by atoms with Crippen molar-refractivity contribution in [2.45, 2.75) is 109 Å². The number of nitrogens with zero attached hydrogens (tertiary/aromatic N) is 1. The van der Waals surface area contributed by atoms with Gasteiger partial charge in [0.2, 0.25) is 0 Å². The topological polar surface area (TPSA) is 20.3 Å². The standard InChI is InChI=1S/C50H55NO/c1-3-5-7-9-11-19-35-50(36-20-12-10-8-6-4-2)48-37-41(29-33-46(48)47-34-30-42(39-52)38-49(47)50)26-25-40-27-31-45(32-28-40)51(43-21-15-13-16-22-43)44-23-17-14-18-24-44/h13-18,21-24,27-34,37-39H,3-12,19-20,35-36H2,1-2H3. The number of fused-ring (bicyclic) bond motifs is 3. The van der Waals surface area contributed by atoms with E-state index in [0.717, 1.165) is 52.9 Å². The summed E-state index contributed by atoms with van der Waals surface area (Å²) in [5.41, 5.74) is 11.5. The molecule has 0 bridgehead atoms. The molecular weight excluding hydrogens is 631 g/mol. The van der Waals surface area contributed by atoms with E-state index in [1.807, 2.05) is 6.07 Å². The molecule has 2 nitrogen and oxygen atoms in total. The van der Waals surface area contributed by atoms with Crippen LogP contribution in [0.3, 0.4) is 0 Å². The predicted molar refractivity (Wildman–Crippen MR) is 221 cm³/mol. The molecule has 1 aliphatic carbocycles. The molecule has 0 radical (unpaired) electrons. The maximum Gasteiger partial charge on any atom is 0.150 e. The molecule has 6 rings (SSSR count). The Morgan fingerprint density at radius 2 is 0.962 bits per heavy atom. The molecule has 1 aliphatic rings. The highest BCUT2D eigenvalue weighted by Gasteiger charge is 2.42. The Labute approximate surface area is 313 Å². The van der Waals surface area contributed by atoms with Crippen LogP contribution < -0.4 is 4.90 Å². The van der Waals surface area contributed by atoms with Gasteiger partial charge in [0, 0.05) is 39.2 Å². The van der Waals surface area contributed by atoms with Gasteiger partial charge >= 0.3 is 0 Å². The number of unbranched alkanes of at least 4 members (excludes halogenated alkanes) is 10. The van der Waals surface area contributed by atoms with Crippen molar-refractivity contribution in [2.75, 3.05) is 4.90 Å². The highest BCUT2D eigenvalue weighted by atomic mass is 16.1.